The number of carbonyl (C=O) groups excluding carboxylic acids is 2. The molecule has 1 heterocycles. The van der Waals surface area contributed by atoms with Crippen LogP contribution in [-0.2, 0) is 9.59 Å². The van der Waals surface area contributed by atoms with Gasteiger partial charge in [0.05, 0.1) is 18.7 Å². The molecule has 0 aliphatic carbocycles. The van der Waals surface area contributed by atoms with Crippen molar-refractivity contribution in [1.82, 2.24) is 4.90 Å². The first-order valence-electron chi connectivity index (χ1n) is 8.27. The van der Waals surface area contributed by atoms with E-state index in [1.165, 1.54) is 4.90 Å². The number of ether oxygens (including phenoxy) is 1. The molecule has 2 aromatic rings. The summed E-state index contributed by atoms with van der Waals surface area (Å²) in [6.07, 6.45) is 1.56. The number of hydrogen-bond acceptors (Lipinski definition) is 4. The summed E-state index contributed by atoms with van der Waals surface area (Å²) < 4.78 is 6.02. The minimum atomic E-state index is -0.710. The highest BCUT2D eigenvalue weighted by molar-refractivity contribution is 9.10. The molecule has 0 aromatic heterocycles. The van der Waals surface area contributed by atoms with Crippen molar-refractivity contribution in [3.8, 4) is 5.75 Å². The van der Waals surface area contributed by atoms with Gasteiger partial charge in [-0.05, 0) is 29.8 Å². The van der Waals surface area contributed by atoms with Crippen LogP contribution < -0.4 is 4.74 Å². The molecule has 1 N–H and O–H groups in total. The van der Waals surface area contributed by atoms with E-state index >= 15 is 0 Å². The smallest absolute Gasteiger partial charge is 0.295 e. The van der Waals surface area contributed by atoms with Crippen LogP contribution in [0, 0.1) is 0 Å². The van der Waals surface area contributed by atoms with Crippen molar-refractivity contribution in [2.45, 2.75) is 6.04 Å². The predicted octanol–water partition coefficient (Wildman–Crippen LogP) is 4.07. The van der Waals surface area contributed by atoms with E-state index in [4.69, 9.17) is 4.74 Å². The Morgan fingerprint density at radius 1 is 1.19 bits per heavy atom. The fourth-order valence-electron chi connectivity index (χ4n) is 3.10. The van der Waals surface area contributed by atoms with Gasteiger partial charge in [-0.2, -0.15) is 0 Å². The topological polar surface area (TPSA) is 66.8 Å². The van der Waals surface area contributed by atoms with Crippen LogP contribution in [0.15, 0.2) is 71.2 Å². The zero-order chi connectivity index (χ0) is 19.6. The van der Waals surface area contributed by atoms with E-state index in [2.05, 4.69) is 22.5 Å². The minimum Gasteiger partial charge on any atom is -0.507 e. The zero-order valence-electron chi connectivity index (χ0n) is 14.7. The Kier molecular flexibility index (Phi) is 5.46. The van der Waals surface area contributed by atoms with Crippen LogP contribution in [0.5, 0.6) is 5.75 Å². The second kappa shape index (κ2) is 7.80. The van der Waals surface area contributed by atoms with Crippen molar-refractivity contribution < 1.29 is 19.4 Å². The number of aliphatic hydroxyl groups is 1. The maximum Gasteiger partial charge on any atom is 0.295 e. The van der Waals surface area contributed by atoms with E-state index in [0.29, 0.717) is 16.9 Å². The molecule has 27 heavy (non-hydrogen) atoms. The summed E-state index contributed by atoms with van der Waals surface area (Å²) in [6.45, 7) is 3.86. The molecule has 1 amide bonds. The first-order chi connectivity index (χ1) is 13.0. The molecule has 0 saturated carbocycles. The average molecular weight is 428 g/mol. The van der Waals surface area contributed by atoms with Gasteiger partial charge in [-0.25, -0.2) is 0 Å². The number of rotatable bonds is 5. The number of ketones is 1. The molecular formula is C21H18BrNO4. The van der Waals surface area contributed by atoms with E-state index in [0.717, 1.165) is 4.47 Å². The Bertz CT molecular complexity index is 916. The van der Waals surface area contributed by atoms with Crippen LogP contribution in [0.1, 0.15) is 17.2 Å². The maximum absolute atomic E-state index is 12.7. The summed E-state index contributed by atoms with van der Waals surface area (Å²) in [6, 6.07) is 13.3. The van der Waals surface area contributed by atoms with Gasteiger partial charge in [0.15, 0.2) is 0 Å². The highest BCUT2D eigenvalue weighted by Crippen LogP contribution is 2.39. The zero-order valence-corrected chi connectivity index (χ0v) is 16.3. The molecule has 1 unspecified atom stereocenters. The van der Waals surface area contributed by atoms with Crippen molar-refractivity contribution >= 4 is 33.4 Å². The largest absolute Gasteiger partial charge is 0.507 e. The molecular weight excluding hydrogens is 410 g/mol. The van der Waals surface area contributed by atoms with E-state index in [1.54, 1.807) is 61.7 Å². The number of likely N-dealkylation sites (tertiary alicyclic amines) is 1. The summed E-state index contributed by atoms with van der Waals surface area (Å²) in [7, 11) is 1.56. The van der Waals surface area contributed by atoms with Gasteiger partial charge < -0.3 is 14.7 Å². The first-order valence-corrected chi connectivity index (χ1v) is 9.06. The number of Topliss-reactive ketones (excluding diaryl/α,β-unsaturated/α-hetero) is 1. The standard InChI is InChI=1S/C21H18BrNO4/c1-3-12-23-18(13-6-10-16(27-2)11-7-13)17(20(25)21(23)26)19(24)14-4-8-15(22)9-5-14/h3-11,18,24H,1,12H2,2H3. The minimum absolute atomic E-state index is 0.0642. The fraction of sp³-hybridized carbons (Fsp3) is 0.143. The Morgan fingerprint density at radius 2 is 1.81 bits per heavy atom. The molecule has 1 aliphatic heterocycles. The Labute approximate surface area is 165 Å². The molecule has 1 aliphatic rings. The molecule has 0 spiro atoms. The Balaban J connectivity index is 2.16. The second-order valence-corrected chi connectivity index (χ2v) is 6.94. The quantitative estimate of drug-likeness (QED) is 0.338. The average Bonchev–Trinajstić information content (AvgIpc) is 2.93. The number of benzene rings is 2. The SMILES string of the molecule is C=CCN1C(=O)C(=O)C(=C(O)c2ccc(Br)cc2)C1c1ccc(OC)cc1. The number of carbonyl (C=O) groups is 2. The molecule has 1 fully saturated rings. The highest BCUT2D eigenvalue weighted by Gasteiger charge is 2.45. The second-order valence-electron chi connectivity index (χ2n) is 6.02. The van der Waals surface area contributed by atoms with Crippen LogP contribution >= 0.6 is 15.9 Å². The van der Waals surface area contributed by atoms with E-state index in [1.807, 2.05) is 0 Å². The summed E-state index contributed by atoms with van der Waals surface area (Å²) >= 11 is 3.34. The third-order valence-corrected chi connectivity index (χ3v) is 4.94. The normalized spacial score (nSPS) is 18.6. The summed E-state index contributed by atoms with van der Waals surface area (Å²) in [5.41, 5.74) is 1.23. The third-order valence-electron chi connectivity index (χ3n) is 4.41. The third kappa shape index (κ3) is 3.53. The molecule has 1 atom stereocenters. The molecule has 138 valence electrons. The lowest BCUT2D eigenvalue weighted by atomic mass is 9.95. The molecule has 6 heteroatoms. The van der Waals surface area contributed by atoms with Crippen LogP contribution in [0.3, 0.4) is 0 Å². The number of halogens is 1. The van der Waals surface area contributed by atoms with Gasteiger partial charge in [0.1, 0.15) is 11.5 Å². The maximum atomic E-state index is 12.7. The van der Waals surface area contributed by atoms with Crippen molar-refractivity contribution in [2.24, 2.45) is 0 Å². The van der Waals surface area contributed by atoms with Crippen molar-refractivity contribution in [3.63, 3.8) is 0 Å². The monoisotopic (exact) mass is 427 g/mol. The predicted molar refractivity (Wildman–Crippen MR) is 106 cm³/mol. The Morgan fingerprint density at radius 3 is 2.37 bits per heavy atom. The number of nitrogens with zero attached hydrogens (tertiary/aromatic N) is 1. The van der Waals surface area contributed by atoms with Gasteiger partial charge in [-0.15, -0.1) is 6.58 Å². The van der Waals surface area contributed by atoms with E-state index in [-0.39, 0.29) is 17.9 Å². The molecule has 3 rings (SSSR count). The van der Waals surface area contributed by atoms with Crippen LogP contribution in [-0.4, -0.2) is 35.4 Å². The van der Waals surface area contributed by atoms with Gasteiger partial charge >= 0.3 is 0 Å². The number of amides is 1. The number of hydrogen-bond donors (Lipinski definition) is 1. The highest BCUT2D eigenvalue weighted by atomic mass is 79.9. The van der Waals surface area contributed by atoms with Gasteiger partial charge in [0, 0.05) is 16.6 Å². The Hall–Kier alpha value is -2.86. The molecule has 0 radical (unpaired) electrons. The molecule has 2 aromatic carbocycles. The number of methoxy groups -OCH3 is 1. The lowest BCUT2D eigenvalue weighted by Crippen LogP contribution is -2.29. The summed E-state index contributed by atoms with van der Waals surface area (Å²) in [5.74, 6) is -0.909. The van der Waals surface area contributed by atoms with Gasteiger partial charge in [-0.1, -0.05) is 46.3 Å². The van der Waals surface area contributed by atoms with Gasteiger partial charge in [0.25, 0.3) is 11.7 Å². The van der Waals surface area contributed by atoms with Crippen molar-refractivity contribution in [3.05, 3.63) is 82.4 Å². The molecule has 5 nitrogen and oxygen atoms in total. The van der Waals surface area contributed by atoms with Crippen LogP contribution in [0.25, 0.3) is 5.76 Å². The summed E-state index contributed by atoms with van der Waals surface area (Å²) in [4.78, 5) is 26.7. The lowest BCUT2D eigenvalue weighted by molar-refractivity contribution is -0.139. The molecule has 0 bridgehead atoms. The van der Waals surface area contributed by atoms with Crippen molar-refractivity contribution in [2.75, 3.05) is 13.7 Å². The summed E-state index contributed by atoms with van der Waals surface area (Å²) in [5, 5.41) is 10.8. The van der Waals surface area contributed by atoms with E-state index < -0.39 is 17.7 Å². The van der Waals surface area contributed by atoms with Crippen molar-refractivity contribution in [1.29, 1.82) is 0 Å². The number of aliphatic hydroxyl groups excluding tert-OH is 1. The van der Waals surface area contributed by atoms with Gasteiger partial charge in [-0.3, -0.25) is 9.59 Å². The fourth-order valence-corrected chi connectivity index (χ4v) is 3.37. The first kappa shape index (κ1) is 18.9. The van der Waals surface area contributed by atoms with E-state index in [9.17, 15) is 14.7 Å². The van der Waals surface area contributed by atoms with Crippen LogP contribution in [0.4, 0.5) is 0 Å². The molecule has 1 saturated heterocycles. The van der Waals surface area contributed by atoms with Crippen LogP contribution in [0.2, 0.25) is 0 Å². The lowest BCUT2D eigenvalue weighted by Gasteiger charge is -2.24. The van der Waals surface area contributed by atoms with Gasteiger partial charge in [0.2, 0.25) is 0 Å².